The van der Waals surface area contributed by atoms with Gasteiger partial charge in [0.2, 0.25) is 0 Å². The lowest BCUT2D eigenvalue weighted by molar-refractivity contribution is 1.06. The number of nitrogens with zero attached hydrogens (tertiary/aromatic N) is 5. The van der Waals surface area contributed by atoms with Crippen LogP contribution in [0, 0.1) is 11.3 Å². The quantitative estimate of drug-likeness (QED) is 0.169. The maximum Gasteiger partial charge on any atom is 0.166 e. The number of hydrogen-bond donors (Lipinski definition) is 0. The summed E-state index contributed by atoms with van der Waals surface area (Å²) >= 11 is 1.82. The first-order valence-electron chi connectivity index (χ1n) is 19.2. The van der Waals surface area contributed by atoms with Gasteiger partial charge in [-0.2, -0.15) is 5.26 Å². The summed E-state index contributed by atoms with van der Waals surface area (Å²) in [6.45, 7) is 0. The zero-order valence-corrected chi connectivity index (χ0v) is 31.9. The average Bonchev–Trinajstić information content (AvgIpc) is 3.85. The van der Waals surface area contributed by atoms with Crippen molar-refractivity contribution >= 4 is 53.3 Å². The Bertz CT molecular complexity index is 3360. The van der Waals surface area contributed by atoms with E-state index in [-0.39, 0.29) is 0 Å². The van der Waals surface area contributed by atoms with Crippen LogP contribution in [0.2, 0.25) is 0 Å². The summed E-state index contributed by atoms with van der Waals surface area (Å²) in [7, 11) is 0. The van der Waals surface area contributed by atoms with Gasteiger partial charge in [0.15, 0.2) is 17.5 Å². The monoisotopic (exact) mass is 757 g/mol. The number of rotatable bonds is 6. The fourth-order valence-corrected chi connectivity index (χ4v) is 9.45. The predicted octanol–water partition coefficient (Wildman–Crippen LogP) is 13.5. The zero-order valence-electron chi connectivity index (χ0n) is 31.0. The topological polar surface area (TPSA) is 67.4 Å². The van der Waals surface area contributed by atoms with Crippen LogP contribution in [0.5, 0.6) is 0 Å². The van der Waals surface area contributed by atoms with Crippen molar-refractivity contribution in [2.45, 2.75) is 0 Å². The van der Waals surface area contributed by atoms with E-state index in [9.17, 15) is 5.26 Å². The molecule has 11 rings (SSSR count). The van der Waals surface area contributed by atoms with Gasteiger partial charge in [-0.05, 0) is 58.7 Å². The Morgan fingerprint density at radius 2 is 1.00 bits per heavy atom. The van der Waals surface area contributed by atoms with Crippen molar-refractivity contribution in [3.63, 3.8) is 0 Å². The maximum absolute atomic E-state index is 10.1. The van der Waals surface area contributed by atoms with Gasteiger partial charge < -0.3 is 4.57 Å². The molecule has 11 aromatic rings. The van der Waals surface area contributed by atoms with Crippen LogP contribution in [0.25, 0.3) is 104 Å². The molecule has 0 aliphatic carbocycles. The Morgan fingerprint density at radius 3 is 1.78 bits per heavy atom. The molecule has 0 fully saturated rings. The van der Waals surface area contributed by atoms with Crippen LogP contribution in [0.1, 0.15) is 5.56 Å². The van der Waals surface area contributed by atoms with Crippen LogP contribution in [0.3, 0.4) is 0 Å². The standard InChI is InChI=1S/C52H31N5S/c53-32-37-18-7-8-19-38(37)36-26-28-41-40-20-9-11-24-45(40)57(47(41)31-36)46-29-27-35(39-22-13-23-43-42-21-10-12-25-48(42)58-49(39)43)30-44(46)52-55-50(33-14-3-1-4-15-33)54-51(56-52)34-16-5-2-6-17-34/h1-31H. The smallest absolute Gasteiger partial charge is 0.166 e. The van der Waals surface area contributed by atoms with Crippen molar-refractivity contribution in [2.24, 2.45) is 0 Å². The van der Waals surface area contributed by atoms with E-state index in [1.54, 1.807) is 0 Å². The van der Waals surface area contributed by atoms with Gasteiger partial charge in [0.05, 0.1) is 28.4 Å². The van der Waals surface area contributed by atoms with Crippen LogP contribution in [-0.2, 0) is 0 Å². The van der Waals surface area contributed by atoms with E-state index in [1.807, 2.05) is 96.3 Å². The van der Waals surface area contributed by atoms with E-state index < -0.39 is 0 Å². The van der Waals surface area contributed by atoms with Crippen LogP contribution < -0.4 is 0 Å². The van der Waals surface area contributed by atoms with Gasteiger partial charge in [-0.15, -0.1) is 11.3 Å². The number of benzene rings is 8. The van der Waals surface area contributed by atoms with Crippen LogP contribution in [0.15, 0.2) is 188 Å². The van der Waals surface area contributed by atoms with E-state index in [4.69, 9.17) is 15.0 Å². The Hall–Kier alpha value is -7.72. The van der Waals surface area contributed by atoms with E-state index in [1.165, 1.54) is 20.2 Å². The third-order valence-corrected chi connectivity index (χ3v) is 12.1. The largest absolute Gasteiger partial charge is 0.308 e. The van der Waals surface area contributed by atoms with Gasteiger partial charge in [0.1, 0.15) is 0 Å². The third kappa shape index (κ3) is 5.56. The highest BCUT2D eigenvalue weighted by Gasteiger charge is 2.22. The Labute approximate surface area is 338 Å². The van der Waals surface area contributed by atoms with E-state index in [0.717, 1.165) is 66.4 Å². The van der Waals surface area contributed by atoms with Crippen LogP contribution in [-0.4, -0.2) is 19.5 Å². The molecule has 0 unspecified atom stereocenters. The molecule has 3 aromatic heterocycles. The average molecular weight is 758 g/mol. The van der Waals surface area contributed by atoms with Gasteiger partial charge >= 0.3 is 0 Å². The highest BCUT2D eigenvalue weighted by atomic mass is 32.1. The van der Waals surface area contributed by atoms with E-state index in [2.05, 4.69) is 114 Å². The molecule has 270 valence electrons. The molecule has 0 aliphatic heterocycles. The molecule has 0 aliphatic rings. The first-order valence-corrected chi connectivity index (χ1v) is 20.0. The Balaban J connectivity index is 1.23. The molecule has 0 saturated carbocycles. The highest BCUT2D eigenvalue weighted by molar-refractivity contribution is 7.26. The summed E-state index contributed by atoms with van der Waals surface area (Å²) in [5, 5.41) is 14.8. The molecule has 0 spiro atoms. The number of fused-ring (bicyclic) bond motifs is 6. The number of nitriles is 1. The first kappa shape index (κ1) is 33.6. The van der Waals surface area contributed by atoms with E-state index >= 15 is 0 Å². The molecule has 0 radical (unpaired) electrons. The van der Waals surface area contributed by atoms with Crippen LogP contribution in [0.4, 0.5) is 0 Å². The second-order valence-electron chi connectivity index (χ2n) is 14.3. The molecule has 0 saturated heterocycles. The van der Waals surface area contributed by atoms with Crippen LogP contribution >= 0.6 is 11.3 Å². The van der Waals surface area contributed by atoms with Gasteiger partial charge in [-0.1, -0.05) is 152 Å². The summed E-state index contributed by atoms with van der Waals surface area (Å²) in [5.74, 6) is 1.78. The number of aromatic nitrogens is 4. The van der Waals surface area contributed by atoms with Crippen molar-refractivity contribution < 1.29 is 0 Å². The zero-order chi connectivity index (χ0) is 38.6. The minimum absolute atomic E-state index is 0.574. The van der Waals surface area contributed by atoms with Gasteiger partial charge in [0.25, 0.3) is 0 Å². The lowest BCUT2D eigenvalue weighted by Crippen LogP contribution is -2.04. The summed E-state index contributed by atoms with van der Waals surface area (Å²) in [5.41, 5.74) is 10.4. The van der Waals surface area contributed by atoms with Crippen molar-refractivity contribution in [1.29, 1.82) is 5.26 Å². The van der Waals surface area contributed by atoms with Crippen molar-refractivity contribution in [1.82, 2.24) is 19.5 Å². The lowest BCUT2D eigenvalue weighted by atomic mass is 9.98. The maximum atomic E-state index is 10.1. The Kier molecular flexibility index (Phi) is 7.99. The molecule has 5 nitrogen and oxygen atoms in total. The molecular weight excluding hydrogens is 727 g/mol. The minimum Gasteiger partial charge on any atom is -0.308 e. The number of para-hydroxylation sites is 1. The van der Waals surface area contributed by atoms with Crippen molar-refractivity contribution in [2.75, 3.05) is 0 Å². The number of thiophene rings is 1. The molecule has 0 atom stereocenters. The van der Waals surface area contributed by atoms with E-state index in [0.29, 0.717) is 23.0 Å². The summed E-state index contributed by atoms with van der Waals surface area (Å²) in [6, 6.07) is 67.4. The summed E-state index contributed by atoms with van der Waals surface area (Å²) in [4.78, 5) is 15.6. The second-order valence-corrected chi connectivity index (χ2v) is 15.3. The molecule has 3 heterocycles. The van der Waals surface area contributed by atoms with Crippen molar-refractivity contribution in [3.8, 4) is 68.2 Å². The predicted molar refractivity (Wildman–Crippen MR) is 239 cm³/mol. The summed E-state index contributed by atoms with van der Waals surface area (Å²) < 4.78 is 4.83. The van der Waals surface area contributed by atoms with Gasteiger partial charge in [-0.3, -0.25) is 0 Å². The van der Waals surface area contributed by atoms with Gasteiger partial charge in [-0.25, -0.2) is 15.0 Å². The first-order chi connectivity index (χ1) is 28.7. The van der Waals surface area contributed by atoms with Crippen molar-refractivity contribution in [3.05, 3.63) is 194 Å². The highest BCUT2D eigenvalue weighted by Crippen LogP contribution is 2.43. The molecule has 8 aromatic carbocycles. The third-order valence-electron chi connectivity index (χ3n) is 10.9. The molecule has 0 amide bonds. The molecule has 0 bridgehead atoms. The second kappa shape index (κ2) is 13.8. The number of hydrogen-bond acceptors (Lipinski definition) is 5. The fraction of sp³-hybridized carbons (Fsp3) is 0. The molecular formula is C52H31N5S. The minimum atomic E-state index is 0.574. The van der Waals surface area contributed by atoms with Gasteiger partial charge in [0, 0.05) is 47.6 Å². The lowest BCUT2D eigenvalue weighted by Gasteiger charge is -2.17. The molecule has 0 N–H and O–H groups in total. The fourth-order valence-electron chi connectivity index (χ4n) is 8.21. The normalized spacial score (nSPS) is 11.4. The summed E-state index contributed by atoms with van der Waals surface area (Å²) in [6.07, 6.45) is 0. The molecule has 58 heavy (non-hydrogen) atoms. The SMILES string of the molecule is N#Cc1ccccc1-c1ccc2c3ccccc3n(-c3ccc(-c4cccc5c4sc4ccccc45)cc3-c3nc(-c4ccccc4)nc(-c4ccccc4)n3)c2c1. The Morgan fingerprint density at radius 1 is 0.414 bits per heavy atom. The molecule has 6 heteroatoms.